The molecule has 1 unspecified atom stereocenters. The topological polar surface area (TPSA) is 106 Å². The first-order valence-corrected chi connectivity index (χ1v) is 7.87. The molecule has 136 valence electrons. The second kappa shape index (κ2) is 9.42. The van der Waals surface area contributed by atoms with Gasteiger partial charge in [0.15, 0.2) is 5.13 Å². The Hall–Kier alpha value is -2.07. The predicted molar refractivity (Wildman–Crippen MR) is 97.5 cm³/mol. The fourth-order valence-corrected chi connectivity index (χ4v) is 2.63. The van der Waals surface area contributed by atoms with Gasteiger partial charge in [-0.05, 0) is 18.2 Å². The highest BCUT2D eigenvalue weighted by Gasteiger charge is 2.16. The molecule has 2 rings (SSSR count). The fourth-order valence-electron chi connectivity index (χ4n) is 1.91. The number of benzene rings is 1. The zero-order valence-corrected chi connectivity index (χ0v) is 15.2. The van der Waals surface area contributed by atoms with Gasteiger partial charge in [-0.25, -0.2) is 9.37 Å². The Bertz CT molecular complexity index is 756. The van der Waals surface area contributed by atoms with Crippen molar-refractivity contribution < 1.29 is 18.7 Å². The van der Waals surface area contributed by atoms with Gasteiger partial charge in [0.2, 0.25) is 11.8 Å². The van der Waals surface area contributed by atoms with Crippen LogP contribution in [-0.4, -0.2) is 36.6 Å². The van der Waals surface area contributed by atoms with Gasteiger partial charge in [-0.3, -0.25) is 9.59 Å². The first-order valence-electron chi connectivity index (χ1n) is 6.99. The highest BCUT2D eigenvalue weighted by molar-refractivity contribution is 7.14. The molecule has 0 radical (unpaired) electrons. The molecule has 1 heterocycles. The van der Waals surface area contributed by atoms with Crippen LogP contribution in [0.1, 0.15) is 6.92 Å². The van der Waals surface area contributed by atoms with Crippen LogP contribution in [0, 0.1) is 5.82 Å². The van der Waals surface area contributed by atoms with E-state index in [9.17, 15) is 14.0 Å². The number of aromatic nitrogens is 1. The summed E-state index contributed by atoms with van der Waals surface area (Å²) >= 11 is 1.16. The summed E-state index contributed by atoms with van der Waals surface area (Å²) in [6.07, 6.45) is 0. The van der Waals surface area contributed by atoms with Crippen LogP contribution in [0.15, 0.2) is 23.6 Å². The summed E-state index contributed by atoms with van der Waals surface area (Å²) in [6.45, 7) is 1.43. The number of nitrogens with one attached hydrogen (secondary N) is 2. The second-order valence-electron chi connectivity index (χ2n) is 4.96. The van der Waals surface area contributed by atoms with Gasteiger partial charge in [-0.15, -0.1) is 23.7 Å². The van der Waals surface area contributed by atoms with Crippen molar-refractivity contribution in [1.29, 1.82) is 0 Å². The second-order valence-corrected chi connectivity index (χ2v) is 5.82. The molecule has 10 heteroatoms. The first kappa shape index (κ1) is 21.0. The molecule has 0 aliphatic carbocycles. The van der Waals surface area contributed by atoms with Crippen molar-refractivity contribution >= 4 is 46.4 Å². The van der Waals surface area contributed by atoms with Gasteiger partial charge >= 0.3 is 0 Å². The third-order valence-corrected chi connectivity index (χ3v) is 3.74. The summed E-state index contributed by atoms with van der Waals surface area (Å²) in [5, 5.41) is 6.99. The van der Waals surface area contributed by atoms with Crippen molar-refractivity contribution in [2.75, 3.05) is 24.4 Å². The Balaban J connectivity index is 0.00000312. The summed E-state index contributed by atoms with van der Waals surface area (Å²) in [6, 6.07) is 3.49. The number of carbonyl (C=O) groups excluding carboxylic acids is 2. The number of ether oxygens (including phenoxy) is 1. The Labute approximate surface area is 154 Å². The molecule has 2 aromatic rings. The average Bonchev–Trinajstić information content (AvgIpc) is 2.95. The zero-order chi connectivity index (χ0) is 17.7. The van der Waals surface area contributed by atoms with Crippen LogP contribution < -0.4 is 16.4 Å². The van der Waals surface area contributed by atoms with Crippen molar-refractivity contribution in [2.45, 2.75) is 13.0 Å². The fraction of sp³-hybridized carbons (Fsp3) is 0.267. The summed E-state index contributed by atoms with van der Waals surface area (Å²) < 4.78 is 19.0. The SMILES string of the molecule is COCC(N)C(=O)Nc1nc(-c2ccc(NC(C)=O)cc2F)cs1.Cl. The van der Waals surface area contributed by atoms with Gasteiger partial charge in [-0.2, -0.15) is 0 Å². The Morgan fingerprint density at radius 2 is 2.12 bits per heavy atom. The summed E-state index contributed by atoms with van der Waals surface area (Å²) in [5.74, 6) is -1.24. The maximum Gasteiger partial charge on any atom is 0.245 e. The number of nitrogens with zero attached hydrogens (tertiary/aromatic N) is 1. The van der Waals surface area contributed by atoms with Crippen LogP contribution >= 0.6 is 23.7 Å². The molecule has 1 aromatic heterocycles. The van der Waals surface area contributed by atoms with E-state index in [0.29, 0.717) is 16.5 Å². The molecular weight excluding hydrogens is 371 g/mol. The van der Waals surface area contributed by atoms with E-state index in [4.69, 9.17) is 10.5 Å². The van der Waals surface area contributed by atoms with Crippen LogP contribution in [0.5, 0.6) is 0 Å². The minimum atomic E-state index is -0.809. The molecule has 4 N–H and O–H groups in total. The molecule has 7 nitrogen and oxygen atoms in total. The highest BCUT2D eigenvalue weighted by Crippen LogP contribution is 2.28. The molecule has 1 aromatic carbocycles. The highest BCUT2D eigenvalue weighted by atomic mass is 35.5. The number of anilines is 2. The Morgan fingerprint density at radius 3 is 2.72 bits per heavy atom. The molecule has 0 saturated heterocycles. The van der Waals surface area contributed by atoms with E-state index in [1.165, 1.54) is 26.2 Å². The maximum atomic E-state index is 14.2. The van der Waals surface area contributed by atoms with Crippen molar-refractivity contribution in [3.05, 3.63) is 29.4 Å². The van der Waals surface area contributed by atoms with Gasteiger partial charge in [0.05, 0.1) is 12.3 Å². The summed E-state index contributed by atoms with van der Waals surface area (Å²) in [7, 11) is 1.45. The average molecular weight is 389 g/mol. The van der Waals surface area contributed by atoms with Gasteiger partial charge < -0.3 is 21.1 Å². The van der Waals surface area contributed by atoms with Crippen molar-refractivity contribution in [2.24, 2.45) is 5.73 Å². The van der Waals surface area contributed by atoms with Gasteiger partial charge in [-0.1, -0.05) is 0 Å². The maximum absolute atomic E-state index is 14.2. The number of nitrogens with two attached hydrogens (primary N) is 1. The van der Waals surface area contributed by atoms with Crippen LogP contribution in [0.25, 0.3) is 11.3 Å². The third kappa shape index (κ3) is 5.75. The quantitative estimate of drug-likeness (QED) is 0.703. The summed E-state index contributed by atoms with van der Waals surface area (Å²) in [5.41, 5.74) is 6.62. The molecule has 0 spiro atoms. The molecule has 1 atom stereocenters. The van der Waals surface area contributed by atoms with Crippen LogP contribution in [-0.2, 0) is 14.3 Å². The number of hydrogen-bond acceptors (Lipinski definition) is 6. The van der Waals surface area contributed by atoms with Crippen LogP contribution in [0.2, 0.25) is 0 Å². The number of amides is 2. The van der Waals surface area contributed by atoms with E-state index in [2.05, 4.69) is 15.6 Å². The van der Waals surface area contributed by atoms with Crippen LogP contribution in [0.4, 0.5) is 15.2 Å². The van der Waals surface area contributed by atoms with E-state index >= 15 is 0 Å². The lowest BCUT2D eigenvalue weighted by Gasteiger charge is -2.08. The normalized spacial score (nSPS) is 11.4. The van der Waals surface area contributed by atoms with E-state index in [1.807, 2.05) is 0 Å². The van der Waals surface area contributed by atoms with E-state index < -0.39 is 17.8 Å². The third-order valence-electron chi connectivity index (χ3n) is 2.98. The number of hydrogen-bond donors (Lipinski definition) is 3. The van der Waals surface area contributed by atoms with Gasteiger partial charge in [0.25, 0.3) is 0 Å². The first-order chi connectivity index (χ1) is 11.4. The lowest BCUT2D eigenvalue weighted by molar-refractivity contribution is -0.118. The van der Waals surface area contributed by atoms with Crippen molar-refractivity contribution in [3.63, 3.8) is 0 Å². The standard InChI is InChI=1S/C15H17FN4O3S.ClH/c1-8(21)18-9-3-4-10(11(16)5-9)13-7-24-15(19-13)20-14(22)12(17)6-23-2;/h3-5,7,12H,6,17H2,1-2H3,(H,18,21)(H,19,20,22);1H. The lowest BCUT2D eigenvalue weighted by atomic mass is 10.1. The molecule has 25 heavy (non-hydrogen) atoms. The molecule has 2 amide bonds. The molecule has 0 bridgehead atoms. The van der Waals surface area contributed by atoms with Crippen LogP contribution in [0.3, 0.4) is 0 Å². The molecule has 0 aliphatic rings. The number of methoxy groups -OCH3 is 1. The smallest absolute Gasteiger partial charge is 0.245 e. The molecule has 0 aliphatic heterocycles. The minimum absolute atomic E-state index is 0. The minimum Gasteiger partial charge on any atom is -0.383 e. The van der Waals surface area contributed by atoms with E-state index in [0.717, 1.165) is 11.3 Å². The monoisotopic (exact) mass is 388 g/mol. The largest absolute Gasteiger partial charge is 0.383 e. The van der Waals surface area contributed by atoms with E-state index in [-0.39, 0.29) is 30.5 Å². The number of rotatable bonds is 6. The lowest BCUT2D eigenvalue weighted by Crippen LogP contribution is -2.39. The molecule has 0 saturated carbocycles. The van der Waals surface area contributed by atoms with Crippen molar-refractivity contribution in [1.82, 2.24) is 4.98 Å². The number of thiazole rings is 1. The number of carbonyl (C=O) groups is 2. The summed E-state index contributed by atoms with van der Waals surface area (Å²) in [4.78, 5) is 27.0. The zero-order valence-electron chi connectivity index (χ0n) is 13.5. The predicted octanol–water partition coefficient (Wildman–Crippen LogP) is 2.24. The van der Waals surface area contributed by atoms with Gasteiger partial charge in [0.1, 0.15) is 11.9 Å². The van der Waals surface area contributed by atoms with Crippen molar-refractivity contribution in [3.8, 4) is 11.3 Å². The van der Waals surface area contributed by atoms with Gasteiger partial charge in [0, 0.05) is 30.7 Å². The number of halogens is 2. The molecular formula is C15H18ClFN4O3S. The van der Waals surface area contributed by atoms with E-state index in [1.54, 1.807) is 11.4 Å². The Kier molecular flexibility index (Phi) is 7.91. The molecule has 0 fully saturated rings. The Morgan fingerprint density at radius 1 is 1.40 bits per heavy atom.